The zero-order valence-corrected chi connectivity index (χ0v) is 7.49. The van der Waals surface area contributed by atoms with Crippen LogP contribution in [0.3, 0.4) is 0 Å². The van der Waals surface area contributed by atoms with Crippen molar-refractivity contribution in [2.75, 3.05) is 0 Å². The molecule has 1 aromatic carbocycles. The van der Waals surface area contributed by atoms with Crippen molar-refractivity contribution in [2.45, 2.75) is 6.92 Å². The molecule has 2 rings (SSSR count). The van der Waals surface area contributed by atoms with Crippen molar-refractivity contribution in [1.29, 1.82) is 0 Å². The van der Waals surface area contributed by atoms with Gasteiger partial charge >= 0.3 is 0 Å². The van der Waals surface area contributed by atoms with Gasteiger partial charge in [-0.15, -0.1) is 0 Å². The monoisotopic (exact) mass is 190 g/mol. The number of rotatable bonds is 1. The molecule has 0 aliphatic heterocycles. The summed E-state index contributed by atoms with van der Waals surface area (Å²) in [5.74, 6) is -0.0409. The summed E-state index contributed by atoms with van der Waals surface area (Å²) < 4.78 is 13.3. The summed E-state index contributed by atoms with van der Waals surface area (Å²) in [5, 5.41) is 0.450. The highest BCUT2D eigenvalue weighted by molar-refractivity contribution is 5.94. The van der Waals surface area contributed by atoms with Crippen LogP contribution in [0.2, 0.25) is 0 Å². The molecule has 0 aliphatic rings. The summed E-state index contributed by atoms with van der Waals surface area (Å²) in [5.41, 5.74) is 0.425. The third-order valence-electron chi connectivity index (χ3n) is 1.93. The number of aromatic nitrogens is 2. The molecule has 1 aromatic heterocycles. The summed E-state index contributed by atoms with van der Waals surface area (Å²) in [6.45, 7) is 1.62. The van der Waals surface area contributed by atoms with Gasteiger partial charge in [0.1, 0.15) is 22.9 Å². The number of para-hydroxylation sites is 1. The number of fused-ring (bicyclic) bond motifs is 1. The van der Waals surface area contributed by atoms with Gasteiger partial charge in [-0.05, 0) is 13.0 Å². The van der Waals surface area contributed by atoms with Crippen LogP contribution in [-0.4, -0.2) is 16.3 Å². The normalized spacial score (nSPS) is 10.4. The summed E-state index contributed by atoms with van der Waals surface area (Å²) in [6.07, 6.45) is 0.608. The molecular weight excluding hydrogens is 183 g/mol. The SMILES string of the molecule is Cc1nc(C=O)c2cccc(F)c2n1. The molecule has 0 aliphatic carbocycles. The molecule has 0 saturated carbocycles. The summed E-state index contributed by atoms with van der Waals surface area (Å²) in [7, 11) is 0. The Labute approximate surface area is 79.6 Å². The first kappa shape index (κ1) is 8.74. The quantitative estimate of drug-likeness (QED) is 0.645. The maximum absolute atomic E-state index is 13.3. The number of benzene rings is 1. The third kappa shape index (κ3) is 1.25. The minimum atomic E-state index is -0.434. The van der Waals surface area contributed by atoms with Crippen LogP contribution in [-0.2, 0) is 0 Å². The van der Waals surface area contributed by atoms with Crippen molar-refractivity contribution in [3.8, 4) is 0 Å². The highest BCUT2D eigenvalue weighted by Crippen LogP contribution is 2.17. The van der Waals surface area contributed by atoms with Crippen LogP contribution in [0.4, 0.5) is 4.39 Å². The van der Waals surface area contributed by atoms with E-state index < -0.39 is 5.82 Å². The molecule has 0 atom stereocenters. The molecule has 0 fully saturated rings. The molecule has 70 valence electrons. The lowest BCUT2D eigenvalue weighted by Gasteiger charge is -2.01. The second-order valence-electron chi connectivity index (χ2n) is 2.91. The Bertz CT molecular complexity index is 511. The van der Waals surface area contributed by atoms with E-state index >= 15 is 0 Å². The predicted octanol–water partition coefficient (Wildman–Crippen LogP) is 1.89. The van der Waals surface area contributed by atoms with E-state index in [1.54, 1.807) is 13.0 Å². The van der Waals surface area contributed by atoms with Crippen molar-refractivity contribution < 1.29 is 9.18 Å². The number of carbonyl (C=O) groups excluding carboxylic acids is 1. The van der Waals surface area contributed by atoms with Crippen molar-refractivity contribution in [3.63, 3.8) is 0 Å². The Morgan fingerprint density at radius 3 is 2.86 bits per heavy atom. The second-order valence-corrected chi connectivity index (χ2v) is 2.91. The maximum atomic E-state index is 13.3. The predicted molar refractivity (Wildman–Crippen MR) is 49.6 cm³/mol. The van der Waals surface area contributed by atoms with Crippen LogP contribution in [0.5, 0.6) is 0 Å². The van der Waals surface area contributed by atoms with E-state index in [0.29, 0.717) is 17.5 Å². The highest BCUT2D eigenvalue weighted by Gasteiger charge is 2.07. The molecular formula is C10H7FN2O. The van der Waals surface area contributed by atoms with Crippen molar-refractivity contribution in [1.82, 2.24) is 9.97 Å². The zero-order valence-electron chi connectivity index (χ0n) is 7.49. The average Bonchev–Trinajstić information content (AvgIpc) is 2.18. The molecule has 4 heteroatoms. The van der Waals surface area contributed by atoms with Gasteiger partial charge in [-0.25, -0.2) is 14.4 Å². The van der Waals surface area contributed by atoms with Gasteiger partial charge in [-0.3, -0.25) is 4.79 Å². The van der Waals surface area contributed by atoms with E-state index in [9.17, 15) is 9.18 Å². The topological polar surface area (TPSA) is 42.9 Å². The fraction of sp³-hybridized carbons (Fsp3) is 0.100. The Morgan fingerprint density at radius 2 is 2.14 bits per heavy atom. The molecule has 0 saturated heterocycles. The molecule has 0 N–H and O–H groups in total. The number of nitrogens with zero attached hydrogens (tertiary/aromatic N) is 2. The molecule has 0 bridgehead atoms. The van der Waals surface area contributed by atoms with Crippen molar-refractivity contribution in [2.24, 2.45) is 0 Å². The van der Waals surface area contributed by atoms with Gasteiger partial charge in [-0.2, -0.15) is 0 Å². The Morgan fingerprint density at radius 1 is 1.36 bits per heavy atom. The van der Waals surface area contributed by atoms with E-state index in [0.717, 1.165) is 0 Å². The molecule has 14 heavy (non-hydrogen) atoms. The van der Waals surface area contributed by atoms with E-state index in [2.05, 4.69) is 9.97 Å². The van der Waals surface area contributed by atoms with Gasteiger partial charge in [0.15, 0.2) is 6.29 Å². The lowest BCUT2D eigenvalue weighted by Crippen LogP contribution is -1.97. The molecule has 0 amide bonds. The van der Waals surface area contributed by atoms with Gasteiger partial charge in [0.2, 0.25) is 0 Å². The third-order valence-corrected chi connectivity index (χ3v) is 1.93. The number of aryl methyl sites for hydroxylation is 1. The number of hydrogen-bond donors (Lipinski definition) is 0. The van der Waals surface area contributed by atoms with E-state index in [1.807, 2.05) is 0 Å². The second kappa shape index (κ2) is 3.14. The Balaban J connectivity index is 2.94. The minimum absolute atomic E-state index is 0.196. The summed E-state index contributed by atoms with van der Waals surface area (Å²) >= 11 is 0. The first-order valence-corrected chi connectivity index (χ1v) is 4.10. The summed E-state index contributed by atoms with van der Waals surface area (Å²) in [4.78, 5) is 18.5. The minimum Gasteiger partial charge on any atom is -0.296 e. The highest BCUT2D eigenvalue weighted by atomic mass is 19.1. The number of hydrogen-bond acceptors (Lipinski definition) is 3. The van der Waals surface area contributed by atoms with E-state index in [1.165, 1.54) is 12.1 Å². The van der Waals surface area contributed by atoms with Crippen LogP contribution in [0.15, 0.2) is 18.2 Å². The molecule has 0 radical (unpaired) electrons. The fourth-order valence-electron chi connectivity index (χ4n) is 1.35. The Kier molecular flexibility index (Phi) is 1.96. The molecule has 0 spiro atoms. The van der Waals surface area contributed by atoms with Crippen LogP contribution in [0.25, 0.3) is 10.9 Å². The molecule has 1 heterocycles. The van der Waals surface area contributed by atoms with Gasteiger partial charge in [0.05, 0.1) is 0 Å². The molecule has 3 nitrogen and oxygen atoms in total. The zero-order chi connectivity index (χ0) is 10.1. The van der Waals surface area contributed by atoms with Gasteiger partial charge in [0.25, 0.3) is 0 Å². The fourth-order valence-corrected chi connectivity index (χ4v) is 1.35. The largest absolute Gasteiger partial charge is 0.296 e. The number of carbonyl (C=O) groups is 1. The van der Waals surface area contributed by atoms with Crippen molar-refractivity contribution in [3.05, 3.63) is 35.5 Å². The average molecular weight is 190 g/mol. The molecule has 2 aromatic rings. The lowest BCUT2D eigenvalue weighted by molar-refractivity contribution is 0.112. The standard InChI is InChI=1S/C10H7FN2O/c1-6-12-9(5-14)7-3-2-4-8(11)10(7)13-6/h2-5H,1H3. The number of halogens is 1. The van der Waals surface area contributed by atoms with Gasteiger partial charge in [-0.1, -0.05) is 12.1 Å². The van der Waals surface area contributed by atoms with Crippen LogP contribution < -0.4 is 0 Å². The van der Waals surface area contributed by atoms with E-state index in [-0.39, 0.29) is 11.2 Å². The van der Waals surface area contributed by atoms with Gasteiger partial charge < -0.3 is 0 Å². The lowest BCUT2D eigenvalue weighted by atomic mass is 10.2. The number of aldehydes is 1. The van der Waals surface area contributed by atoms with Crippen LogP contribution >= 0.6 is 0 Å². The smallest absolute Gasteiger partial charge is 0.169 e. The summed E-state index contributed by atoms with van der Waals surface area (Å²) in [6, 6.07) is 4.47. The first-order chi connectivity index (χ1) is 6.72. The first-order valence-electron chi connectivity index (χ1n) is 4.10. The maximum Gasteiger partial charge on any atom is 0.169 e. The van der Waals surface area contributed by atoms with E-state index in [4.69, 9.17) is 0 Å². The Hall–Kier alpha value is -1.84. The van der Waals surface area contributed by atoms with Crippen LogP contribution in [0.1, 0.15) is 16.3 Å². The van der Waals surface area contributed by atoms with Crippen LogP contribution in [0, 0.1) is 12.7 Å². The van der Waals surface area contributed by atoms with Crippen molar-refractivity contribution >= 4 is 17.2 Å². The molecule has 0 unspecified atom stereocenters. The van der Waals surface area contributed by atoms with Gasteiger partial charge in [0, 0.05) is 5.39 Å².